The van der Waals surface area contributed by atoms with Crippen molar-refractivity contribution in [3.8, 4) is 5.75 Å². The summed E-state index contributed by atoms with van der Waals surface area (Å²) in [7, 11) is 1.58. The first-order chi connectivity index (χ1) is 11.5. The molecule has 24 heavy (non-hydrogen) atoms. The number of rotatable bonds is 5. The second-order valence-corrected chi connectivity index (χ2v) is 5.40. The molecule has 2 rings (SSSR count). The molecule has 0 aliphatic heterocycles. The zero-order chi connectivity index (χ0) is 17.5. The number of anilines is 2. The van der Waals surface area contributed by atoms with E-state index in [-0.39, 0.29) is 5.91 Å². The molecule has 0 fully saturated rings. The highest BCUT2D eigenvalue weighted by molar-refractivity contribution is 6.33. The number of urea groups is 1. The van der Waals surface area contributed by atoms with Gasteiger partial charge < -0.3 is 20.7 Å². The number of hydrogen-bond donors (Lipinski definition) is 3. The average Bonchev–Trinajstić information content (AvgIpc) is 2.55. The Morgan fingerprint density at radius 1 is 1.12 bits per heavy atom. The van der Waals surface area contributed by atoms with Crippen molar-refractivity contribution in [1.82, 2.24) is 5.32 Å². The van der Waals surface area contributed by atoms with Gasteiger partial charge in [-0.05, 0) is 24.3 Å². The number of nitrogens with one attached hydrogen (secondary N) is 3. The molecule has 0 atom stereocenters. The van der Waals surface area contributed by atoms with E-state index >= 15 is 0 Å². The number of halogens is 1. The predicted molar refractivity (Wildman–Crippen MR) is 94.6 cm³/mol. The Labute approximate surface area is 145 Å². The first-order valence-corrected chi connectivity index (χ1v) is 7.61. The van der Waals surface area contributed by atoms with Gasteiger partial charge in [-0.2, -0.15) is 0 Å². The van der Waals surface area contributed by atoms with Gasteiger partial charge in [0.05, 0.1) is 17.8 Å². The van der Waals surface area contributed by atoms with E-state index in [0.717, 1.165) is 5.56 Å². The van der Waals surface area contributed by atoms with Crippen LogP contribution in [0.4, 0.5) is 16.2 Å². The minimum atomic E-state index is -0.414. The molecule has 0 spiro atoms. The molecule has 0 radical (unpaired) electrons. The van der Waals surface area contributed by atoms with Gasteiger partial charge in [0.2, 0.25) is 5.91 Å². The van der Waals surface area contributed by atoms with E-state index in [9.17, 15) is 9.59 Å². The molecule has 0 bridgehead atoms. The molecule has 6 nitrogen and oxygen atoms in total. The summed E-state index contributed by atoms with van der Waals surface area (Å²) in [5.74, 6) is 0.493. The third-order valence-corrected chi connectivity index (χ3v) is 3.50. The normalized spacial score (nSPS) is 9.96. The highest BCUT2D eigenvalue weighted by Crippen LogP contribution is 2.25. The second kappa shape index (κ2) is 8.21. The fourth-order valence-electron chi connectivity index (χ4n) is 2.09. The van der Waals surface area contributed by atoms with Gasteiger partial charge in [0.25, 0.3) is 0 Å². The minimum absolute atomic E-state index is 0.205. The number of ether oxygens (including phenoxy) is 1. The molecule has 7 heteroatoms. The molecule has 126 valence electrons. The van der Waals surface area contributed by atoms with E-state index in [1.54, 1.807) is 25.3 Å². The molecule has 0 unspecified atom stereocenters. The van der Waals surface area contributed by atoms with Crippen molar-refractivity contribution in [1.29, 1.82) is 0 Å². The van der Waals surface area contributed by atoms with Crippen LogP contribution in [0.3, 0.4) is 0 Å². The van der Waals surface area contributed by atoms with Gasteiger partial charge in [0, 0.05) is 24.7 Å². The molecule has 0 heterocycles. The van der Waals surface area contributed by atoms with Crippen LogP contribution in [0.15, 0.2) is 42.5 Å². The first kappa shape index (κ1) is 17.6. The lowest BCUT2D eigenvalue weighted by Crippen LogP contribution is -2.28. The van der Waals surface area contributed by atoms with Crippen LogP contribution in [-0.2, 0) is 11.3 Å². The van der Waals surface area contributed by atoms with Crippen molar-refractivity contribution >= 4 is 34.9 Å². The van der Waals surface area contributed by atoms with E-state index in [1.807, 2.05) is 24.3 Å². The molecular weight excluding hydrogens is 330 g/mol. The van der Waals surface area contributed by atoms with Gasteiger partial charge in [-0.1, -0.05) is 29.8 Å². The van der Waals surface area contributed by atoms with Crippen molar-refractivity contribution in [2.24, 2.45) is 0 Å². The summed E-state index contributed by atoms with van der Waals surface area (Å²) >= 11 is 6.07. The van der Waals surface area contributed by atoms with Crippen molar-refractivity contribution in [2.45, 2.75) is 13.5 Å². The van der Waals surface area contributed by atoms with Gasteiger partial charge in [-0.25, -0.2) is 4.79 Å². The largest absolute Gasteiger partial charge is 0.496 e. The van der Waals surface area contributed by atoms with Crippen LogP contribution in [-0.4, -0.2) is 19.0 Å². The van der Waals surface area contributed by atoms with Gasteiger partial charge in [-0.15, -0.1) is 0 Å². The Morgan fingerprint density at radius 3 is 2.58 bits per heavy atom. The number of para-hydroxylation sites is 1. The highest BCUT2D eigenvalue weighted by atomic mass is 35.5. The van der Waals surface area contributed by atoms with Gasteiger partial charge in [0.1, 0.15) is 5.75 Å². The fourth-order valence-corrected chi connectivity index (χ4v) is 2.26. The molecule has 2 aromatic carbocycles. The summed E-state index contributed by atoms with van der Waals surface area (Å²) in [5.41, 5.74) is 1.81. The standard InChI is InChI=1S/C17H18ClN3O3/c1-11(22)20-13-7-8-14(18)15(9-13)21-17(23)19-10-12-5-3-4-6-16(12)24-2/h3-9H,10H2,1-2H3,(H,20,22)(H2,19,21,23). The summed E-state index contributed by atoms with van der Waals surface area (Å²) in [4.78, 5) is 23.2. The van der Waals surface area contributed by atoms with Gasteiger partial charge in [-0.3, -0.25) is 4.79 Å². The number of methoxy groups -OCH3 is 1. The summed E-state index contributed by atoms with van der Waals surface area (Å²) in [6.45, 7) is 1.71. The molecule has 0 aliphatic carbocycles. The van der Waals surface area contributed by atoms with Gasteiger partial charge in [0.15, 0.2) is 0 Å². The molecule has 0 aromatic heterocycles. The Kier molecular flexibility index (Phi) is 6.03. The fraction of sp³-hybridized carbons (Fsp3) is 0.176. The smallest absolute Gasteiger partial charge is 0.319 e. The number of carbonyl (C=O) groups excluding carboxylic acids is 2. The van der Waals surface area contributed by atoms with E-state index in [1.165, 1.54) is 6.92 Å². The number of hydrogen-bond acceptors (Lipinski definition) is 3. The average molecular weight is 348 g/mol. The lowest BCUT2D eigenvalue weighted by molar-refractivity contribution is -0.114. The van der Waals surface area contributed by atoms with E-state index in [4.69, 9.17) is 16.3 Å². The van der Waals surface area contributed by atoms with Crippen LogP contribution in [0.25, 0.3) is 0 Å². The minimum Gasteiger partial charge on any atom is -0.496 e. The third-order valence-electron chi connectivity index (χ3n) is 3.17. The van der Waals surface area contributed by atoms with Crippen molar-refractivity contribution in [2.75, 3.05) is 17.7 Å². The molecule has 0 aliphatic rings. The molecule has 3 amide bonds. The van der Waals surface area contributed by atoms with E-state index in [0.29, 0.717) is 28.7 Å². The van der Waals surface area contributed by atoms with E-state index < -0.39 is 6.03 Å². The topological polar surface area (TPSA) is 79.5 Å². The van der Waals surface area contributed by atoms with E-state index in [2.05, 4.69) is 16.0 Å². The number of benzene rings is 2. The predicted octanol–water partition coefficient (Wildman–Crippen LogP) is 3.63. The number of carbonyl (C=O) groups is 2. The maximum atomic E-state index is 12.1. The van der Waals surface area contributed by atoms with Crippen LogP contribution in [0.1, 0.15) is 12.5 Å². The molecule has 2 aromatic rings. The summed E-state index contributed by atoms with van der Waals surface area (Å²) in [6.07, 6.45) is 0. The SMILES string of the molecule is COc1ccccc1CNC(=O)Nc1cc(NC(C)=O)ccc1Cl. The Bertz CT molecular complexity index is 750. The van der Waals surface area contributed by atoms with Crippen LogP contribution < -0.4 is 20.7 Å². The van der Waals surface area contributed by atoms with Crippen LogP contribution in [0.2, 0.25) is 5.02 Å². The van der Waals surface area contributed by atoms with Crippen molar-refractivity contribution in [3.63, 3.8) is 0 Å². The zero-order valence-corrected chi connectivity index (χ0v) is 14.1. The monoisotopic (exact) mass is 347 g/mol. The lowest BCUT2D eigenvalue weighted by Gasteiger charge is -2.12. The highest BCUT2D eigenvalue weighted by Gasteiger charge is 2.09. The lowest BCUT2D eigenvalue weighted by atomic mass is 10.2. The Hall–Kier alpha value is -2.73. The maximum absolute atomic E-state index is 12.1. The zero-order valence-electron chi connectivity index (χ0n) is 13.4. The quantitative estimate of drug-likeness (QED) is 0.772. The van der Waals surface area contributed by atoms with Crippen LogP contribution >= 0.6 is 11.6 Å². The third kappa shape index (κ3) is 4.89. The van der Waals surface area contributed by atoms with Crippen molar-refractivity contribution < 1.29 is 14.3 Å². The number of amides is 3. The second-order valence-electron chi connectivity index (χ2n) is 5.00. The molecule has 3 N–H and O–H groups in total. The summed E-state index contributed by atoms with van der Waals surface area (Å²) < 4.78 is 5.23. The van der Waals surface area contributed by atoms with Crippen molar-refractivity contribution in [3.05, 3.63) is 53.1 Å². The molecule has 0 saturated heterocycles. The molecular formula is C17H18ClN3O3. The van der Waals surface area contributed by atoms with Gasteiger partial charge >= 0.3 is 6.03 Å². The molecule has 0 saturated carbocycles. The van der Waals surface area contributed by atoms with Crippen LogP contribution in [0.5, 0.6) is 5.75 Å². The van der Waals surface area contributed by atoms with Crippen LogP contribution in [0, 0.1) is 0 Å². The Morgan fingerprint density at radius 2 is 1.88 bits per heavy atom. The Balaban J connectivity index is 2.00. The summed E-state index contributed by atoms with van der Waals surface area (Å²) in [5, 5.41) is 8.40. The maximum Gasteiger partial charge on any atom is 0.319 e. The first-order valence-electron chi connectivity index (χ1n) is 7.23. The summed E-state index contributed by atoms with van der Waals surface area (Å²) in [6, 6.07) is 11.8.